The molecule has 1 aliphatic rings. The second kappa shape index (κ2) is 6.50. The molecular formula is C14H24N2S. The third kappa shape index (κ3) is 3.52. The fourth-order valence-corrected chi connectivity index (χ4v) is 3.57. The van der Waals surface area contributed by atoms with Gasteiger partial charge >= 0.3 is 0 Å². The summed E-state index contributed by atoms with van der Waals surface area (Å²) in [5.41, 5.74) is 0. The number of nitrogens with zero attached hydrogens (tertiary/aromatic N) is 1. The molecule has 1 fully saturated rings. The largest absolute Gasteiger partial charge is 0.305 e. The zero-order valence-electron chi connectivity index (χ0n) is 11.0. The highest BCUT2D eigenvalue weighted by molar-refractivity contribution is 7.09. The molecule has 3 heteroatoms. The first-order chi connectivity index (χ1) is 8.33. The van der Waals surface area contributed by atoms with E-state index in [0.29, 0.717) is 12.1 Å². The van der Waals surface area contributed by atoms with E-state index in [4.69, 9.17) is 0 Å². The molecule has 1 N–H and O–H groups in total. The van der Waals surface area contributed by atoms with Crippen molar-refractivity contribution in [2.45, 2.75) is 64.5 Å². The van der Waals surface area contributed by atoms with Crippen LogP contribution in [0.3, 0.4) is 0 Å². The molecule has 0 saturated heterocycles. The van der Waals surface area contributed by atoms with Crippen LogP contribution in [0, 0.1) is 5.92 Å². The van der Waals surface area contributed by atoms with Gasteiger partial charge in [-0.25, -0.2) is 4.98 Å². The Labute approximate surface area is 109 Å². The smallest absolute Gasteiger partial charge is 0.109 e. The van der Waals surface area contributed by atoms with Crippen molar-refractivity contribution in [3.8, 4) is 0 Å². The summed E-state index contributed by atoms with van der Waals surface area (Å²) in [6, 6.07) is 1.19. The number of hydrogen-bond acceptors (Lipinski definition) is 3. The molecule has 0 bridgehead atoms. The molecule has 0 radical (unpaired) electrons. The predicted molar refractivity (Wildman–Crippen MR) is 74.3 cm³/mol. The minimum atomic E-state index is 0.471. The molecule has 2 rings (SSSR count). The lowest BCUT2D eigenvalue weighted by Crippen LogP contribution is -2.35. The number of thiazole rings is 1. The molecule has 1 aromatic rings. The first-order valence-corrected chi connectivity index (χ1v) is 7.86. The molecule has 2 nitrogen and oxygen atoms in total. The van der Waals surface area contributed by atoms with Gasteiger partial charge < -0.3 is 5.32 Å². The van der Waals surface area contributed by atoms with Gasteiger partial charge in [0.1, 0.15) is 5.01 Å². The maximum Gasteiger partial charge on any atom is 0.109 e. The zero-order valence-corrected chi connectivity index (χ0v) is 11.8. The average molecular weight is 252 g/mol. The molecule has 96 valence electrons. The van der Waals surface area contributed by atoms with E-state index in [1.54, 1.807) is 11.3 Å². The normalized spacial score (nSPS) is 26.9. The van der Waals surface area contributed by atoms with Crippen molar-refractivity contribution in [2.24, 2.45) is 5.92 Å². The molecule has 1 aliphatic carbocycles. The number of aromatic nitrogens is 1. The van der Waals surface area contributed by atoms with Crippen LogP contribution in [0.1, 0.15) is 63.4 Å². The highest BCUT2D eigenvalue weighted by Gasteiger charge is 2.23. The quantitative estimate of drug-likeness (QED) is 0.851. The van der Waals surface area contributed by atoms with E-state index in [1.165, 1.54) is 37.1 Å². The summed E-state index contributed by atoms with van der Waals surface area (Å²) in [6.07, 6.45) is 9.92. The Hall–Kier alpha value is -0.410. The van der Waals surface area contributed by atoms with E-state index in [-0.39, 0.29) is 0 Å². The molecule has 0 aromatic carbocycles. The Kier molecular flexibility index (Phi) is 4.99. The van der Waals surface area contributed by atoms with E-state index in [9.17, 15) is 0 Å². The van der Waals surface area contributed by atoms with Crippen LogP contribution in [-0.4, -0.2) is 11.0 Å². The maximum atomic E-state index is 4.44. The lowest BCUT2D eigenvalue weighted by Gasteiger charge is -2.31. The summed E-state index contributed by atoms with van der Waals surface area (Å²) < 4.78 is 0. The summed E-state index contributed by atoms with van der Waals surface area (Å²) in [5, 5.41) is 7.13. The van der Waals surface area contributed by atoms with Gasteiger partial charge in [-0.2, -0.15) is 0 Å². The molecule has 1 atom stereocenters. The van der Waals surface area contributed by atoms with Gasteiger partial charge in [-0.05, 0) is 38.0 Å². The second-order valence-electron chi connectivity index (χ2n) is 5.12. The van der Waals surface area contributed by atoms with Crippen LogP contribution in [0.15, 0.2) is 11.6 Å². The van der Waals surface area contributed by atoms with Crippen molar-refractivity contribution in [1.29, 1.82) is 0 Å². The molecule has 1 unspecified atom stereocenters. The Balaban J connectivity index is 1.84. The highest BCUT2D eigenvalue weighted by Crippen LogP contribution is 2.29. The van der Waals surface area contributed by atoms with E-state index >= 15 is 0 Å². The van der Waals surface area contributed by atoms with E-state index in [0.717, 1.165) is 12.3 Å². The van der Waals surface area contributed by atoms with Gasteiger partial charge in [0.25, 0.3) is 0 Å². The minimum Gasteiger partial charge on any atom is -0.305 e. The van der Waals surface area contributed by atoms with Crippen molar-refractivity contribution in [1.82, 2.24) is 10.3 Å². The van der Waals surface area contributed by atoms with Gasteiger partial charge in [0.15, 0.2) is 0 Å². The van der Waals surface area contributed by atoms with Crippen LogP contribution in [-0.2, 0) is 0 Å². The van der Waals surface area contributed by atoms with Gasteiger partial charge in [-0.3, -0.25) is 0 Å². The van der Waals surface area contributed by atoms with Gasteiger partial charge in [-0.1, -0.05) is 20.3 Å². The first kappa shape index (κ1) is 13.0. The molecule has 1 saturated carbocycles. The van der Waals surface area contributed by atoms with Crippen molar-refractivity contribution in [3.63, 3.8) is 0 Å². The molecule has 17 heavy (non-hydrogen) atoms. The summed E-state index contributed by atoms with van der Waals surface area (Å²) in [7, 11) is 0. The molecule has 1 heterocycles. The maximum absolute atomic E-state index is 4.44. The molecule has 0 spiro atoms. The predicted octanol–water partition coefficient (Wildman–Crippen LogP) is 4.15. The number of nitrogens with one attached hydrogen (secondary N) is 1. The number of rotatable bonds is 5. The fourth-order valence-electron chi connectivity index (χ4n) is 2.79. The Bertz CT molecular complexity index is 302. The second-order valence-corrected chi connectivity index (χ2v) is 6.05. The SMILES string of the molecule is CCC1CCC(NC(CC)c2nccs2)CC1. The molecular weight excluding hydrogens is 228 g/mol. The van der Waals surface area contributed by atoms with Crippen LogP contribution in [0.4, 0.5) is 0 Å². The Morgan fingerprint density at radius 3 is 2.65 bits per heavy atom. The van der Waals surface area contributed by atoms with Gasteiger partial charge in [0.05, 0.1) is 6.04 Å². The van der Waals surface area contributed by atoms with E-state index in [2.05, 4.69) is 29.5 Å². The summed E-state index contributed by atoms with van der Waals surface area (Å²) in [4.78, 5) is 4.44. The lowest BCUT2D eigenvalue weighted by molar-refractivity contribution is 0.267. The summed E-state index contributed by atoms with van der Waals surface area (Å²) in [5.74, 6) is 0.980. The highest BCUT2D eigenvalue weighted by atomic mass is 32.1. The Morgan fingerprint density at radius 2 is 2.12 bits per heavy atom. The zero-order chi connectivity index (χ0) is 12.1. The third-order valence-corrected chi connectivity index (χ3v) is 4.91. The van der Waals surface area contributed by atoms with Crippen LogP contribution in [0.2, 0.25) is 0 Å². The van der Waals surface area contributed by atoms with Crippen molar-refractivity contribution in [3.05, 3.63) is 16.6 Å². The fraction of sp³-hybridized carbons (Fsp3) is 0.786. The van der Waals surface area contributed by atoms with Gasteiger partial charge in [0, 0.05) is 17.6 Å². The minimum absolute atomic E-state index is 0.471. The van der Waals surface area contributed by atoms with Crippen LogP contribution in [0.5, 0.6) is 0 Å². The summed E-state index contributed by atoms with van der Waals surface area (Å²) in [6.45, 7) is 4.57. The van der Waals surface area contributed by atoms with Crippen molar-refractivity contribution < 1.29 is 0 Å². The monoisotopic (exact) mass is 252 g/mol. The number of hydrogen-bond donors (Lipinski definition) is 1. The first-order valence-electron chi connectivity index (χ1n) is 6.98. The van der Waals surface area contributed by atoms with Crippen LogP contribution < -0.4 is 5.32 Å². The van der Waals surface area contributed by atoms with Gasteiger partial charge in [0.2, 0.25) is 0 Å². The topological polar surface area (TPSA) is 24.9 Å². The molecule has 1 aromatic heterocycles. The molecule has 0 aliphatic heterocycles. The van der Waals surface area contributed by atoms with Crippen LogP contribution >= 0.6 is 11.3 Å². The molecule has 0 amide bonds. The average Bonchev–Trinajstić information content (AvgIpc) is 2.90. The summed E-state index contributed by atoms with van der Waals surface area (Å²) >= 11 is 1.78. The standard InChI is InChI=1S/C14H24N2S/c1-3-11-5-7-12(8-6-11)16-13(4-2)14-15-9-10-17-14/h9-13,16H,3-8H2,1-2H3. The van der Waals surface area contributed by atoms with E-state index < -0.39 is 0 Å². The van der Waals surface area contributed by atoms with E-state index in [1.807, 2.05) is 6.20 Å². The Morgan fingerprint density at radius 1 is 1.35 bits per heavy atom. The van der Waals surface area contributed by atoms with Crippen molar-refractivity contribution in [2.75, 3.05) is 0 Å². The van der Waals surface area contributed by atoms with Crippen LogP contribution in [0.25, 0.3) is 0 Å². The lowest BCUT2D eigenvalue weighted by atomic mass is 9.84. The van der Waals surface area contributed by atoms with Crippen molar-refractivity contribution >= 4 is 11.3 Å². The van der Waals surface area contributed by atoms with Gasteiger partial charge in [-0.15, -0.1) is 11.3 Å². The third-order valence-electron chi connectivity index (χ3n) is 4.02.